The summed E-state index contributed by atoms with van der Waals surface area (Å²) in [6, 6.07) is 40.6. The van der Waals surface area contributed by atoms with Gasteiger partial charge in [-0.15, -0.1) is 51.4 Å². The Kier molecular flexibility index (Phi) is 12.2. The molecular weight excluding hydrogens is 558 g/mol. The average Bonchev–Trinajstić information content (AvgIpc) is 3.54. The van der Waals surface area contributed by atoms with E-state index in [0.29, 0.717) is 0 Å². The summed E-state index contributed by atoms with van der Waals surface area (Å²) in [4.78, 5) is 0. The fourth-order valence-electron chi connectivity index (χ4n) is 4.39. The van der Waals surface area contributed by atoms with Crippen LogP contribution in [0.15, 0.2) is 145 Å². The van der Waals surface area contributed by atoms with Crippen LogP contribution in [0.25, 0.3) is 21.5 Å². The first kappa shape index (κ1) is 29.7. The van der Waals surface area contributed by atoms with Crippen molar-refractivity contribution < 1.29 is 51.0 Å². The Morgan fingerprint density at radius 2 is 1.03 bits per heavy atom. The van der Waals surface area contributed by atoms with Crippen molar-refractivity contribution in [3.8, 4) is 0 Å². The smallest absolute Gasteiger partial charge is 1.00 e. The number of fused-ring (bicyclic) bond motifs is 3. The molecule has 0 saturated carbocycles. The van der Waals surface area contributed by atoms with Crippen molar-refractivity contribution in [3.63, 3.8) is 0 Å². The number of halogens is 2. The molecule has 0 bridgehead atoms. The molecule has 0 amide bonds. The first-order valence-corrected chi connectivity index (χ1v) is 11.5. The van der Waals surface area contributed by atoms with Gasteiger partial charge in [-0.2, -0.15) is 23.8 Å². The van der Waals surface area contributed by atoms with Crippen LogP contribution >= 0.6 is 0 Å². The van der Waals surface area contributed by atoms with Crippen LogP contribution in [-0.4, -0.2) is 0 Å². The third-order valence-electron chi connectivity index (χ3n) is 6.02. The van der Waals surface area contributed by atoms with E-state index in [1.165, 1.54) is 43.8 Å². The molecule has 5 aromatic carbocycles. The third-order valence-corrected chi connectivity index (χ3v) is 6.02. The molecular formula is C33H26Cl2Zr. The Morgan fingerprint density at radius 3 is 1.47 bits per heavy atom. The SMILES string of the molecule is [C-]1=CC=CC1=C(Cc1ccccc1)Cc1ccccc1.[Cl-].[Cl-].[Zr+4].c1ccc2c(c1)[cH-]c1ccccc12. The zero-order chi connectivity index (χ0) is 22.3. The Bertz CT molecular complexity index is 1340. The van der Waals surface area contributed by atoms with Gasteiger partial charge < -0.3 is 24.8 Å². The van der Waals surface area contributed by atoms with Gasteiger partial charge in [-0.1, -0.05) is 108 Å². The average molecular weight is 585 g/mol. The summed E-state index contributed by atoms with van der Waals surface area (Å²) in [5.74, 6) is 0. The van der Waals surface area contributed by atoms with Crippen molar-refractivity contribution in [2.45, 2.75) is 12.8 Å². The minimum atomic E-state index is 0. The summed E-state index contributed by atoms with van der Waals surface area (Å²) in [6.45, 7) is 0. The van der Waals surface area contributed by atoms with Crippen LogP contribution in [0.2, 0.25) is 0 Å². The van der Waals surface area contributed by atoms with Crippen LogP contribution in [-0.2, 0) is 39.0 Å². The van der Waals surface area contributed by atoms with Crippen molar-refractivity contribution in [3.05, 3.63) is 162 Å². The summed E-state index contributed by atoms with van der Waals surface area (Å²) in [5, 5.41) is 5.39. The van der Waals surface area contributed by atoms with E-state index in [-0.39, 0.29) is 51.0 Å². The van der Waals surface area contributed by atoms with Gasteiger partial charge in [-0.05, 0) is 12.8 Å². The van der Waals surface area contributed by atoms with Crippen molar-refractivity contribution in [1.82, 2.24) is 0 Å². The summed E-state index contributed by atoms with van der Waals surface area (Å²) >= 11 is 0. The molecule has 0 atom stereocenters. The molecule has 0 N–H and O–H groups in total. The van der Waals surface area contributed by atoms with Crippen molar-refractivity contribution in [2.24, 2.45) is 0 Å². The summed E-state index contributed by atoms with van der Waals surface area (Å²) in [5.41, 5.74) is 5.37. The maximum absolute atomic E-state index is 3.34. The van der Waals surface area contributed by atoms with Crippen LogP contribution < -0.4 is 24.8 Å². The van der Waals surface area contributed by atoms with Gasteiger partial charge in [0.15, 0.2) is 0 Å². The number of benzene rings is 4. The first-order valence-electron chi connectivity index (χ1n) is 11.5. The number of hydrogen-bond donors (Lipinski definition) is 0. The maximum Gasteiger partial charge on any atom is 4.00 e. The molecule has 0 radical (unpaired) electrons. The third kappa shape index (κ3) is 7.47. The predicted molar refractivity (Wildman–Crippen MR) is 141 cm³/mol. The Hall–Kier alpha value is -2.57. The molecule has 0 heterocycles. The molecule has 0 aromatic heterocycles. The van der Waals surface area contributed by atoms with Gasteiger partial charge in [0.25, 0.3) is 0 Å². The topological polar surface area (TPSA) is 0 Å². The Morgan fingerprint density at radius 1 is 0.583 bits per heavy atom. The van der Waals surface area contributed by atoms with Gasteiger partial charge in [-0.25, -0.2) is 0 Å². The van der Waals surface area contributed by atoms with Gasteiger partial charge in [0.2, 0.25) is 0 Å². The molecule has 176 valence electrons. The molecule has 5 aromatic rings. The van der Waals surface area contributed by atoms with Crippen molar-refractivity contribution in [1.29, 1.82) is 0 Å². The van der Waals surface area contributed by atoms with Crippen LogP contribution in [0.3, 0.4) is 0 Å². The molecule has 0 nitrogen and oxygen atoms in total. The normalized spacial score (nSPS) is 11.2. The van der Waals surface area contributed by atoms with E-state index in [9.17, 15) is 0 Å². The van der Waals surface area contributed by atoms with Gasteiger partial charge >= 0.3 is 26.2 Å². The van der Waals surface area contributed by atoms with Gasteiger partial charge in [-0.3, -0.25) is 0 Å². The predicted octanol–water partition coefficient (Wildman–Crippen LogP) is 2.41. The molecule has 0 unspecified atom stereocenters. The van der Waals surface area contributed by atoms with Crippen molar-refractivity contribution in [2.75, 3.05) is 0 Å². The fourth-order valence-corrected chi connectivity index (χ4v) is 4.39. The Balaban J connectivity index is 0.000000250. The van der Waals surface area contributed by atoms with Crippen LogP contribution in [0.4, 0.5) is 0 Å². The van der Waals surface area contributed by atoms with E-state index < -0.39 is 0 Å². The van der Waals surface area contributed by atoms with Gasteiger partial charge in [0, 0.05) is 0 Å². The zero-order valence-electron chi connectivity index (χ0n) is 19.9. The quantitative estimate of drug-likeness (QED) is 0.285. The van der Waals surface area contributed by atoms with Crippen LogP contribution in [0.1, 0.15) is 11.1 Å². The molecule has 6 rings (SSSR count). The van der Waals surface area contributed by atoms with Gasteiger partial charge in [0.1, 0.15) is 0 Å². The molecule has 3 heteroatoms. The fraction of sp³-hybridized carbons (Fsp3) is 0.0606. The van der Waals surface area contributed by atoms with Gasteiger partial charge in [0.05, 0.1) is 0 Å². The molecule has 0 aliphatic heterocycles. The zero-order valence-corrected chi connectivity index (χ0v) is 23.8. The van der Waals surface area contributed by atoms with E-state index in [4.69, 9.17) is 0 Å². The van der Waals surface area contributed by atoms with E-state index in [0.717, 1.165) is 12.8 Å². The second-order valence-electron chi connectivity index (χ2n) is 8.33. The summed E-state index contributed by atoms with van der Waals surface area (Å²) in [6.07, 6.45) is 11.5. The van der Waals surface area contributed by atoms with E-state index in [2.05, 4.69) is 133 Å². The standard InChI is InChI=1S/C20H17.C13H9.2ClH.Zr/c1-3-9-17(10-4-1)15-20(19-13-7-8-14-19)16-18-11-5-2-6-12-18;1-3-7-12-10(5-1)9-11-6-2-4-8-13(11)12;;;/h1-13H,15-16H2;1-9H;2*1H;/q2*-1;;;+4/p-2. The summed E-state index contributed by atoms with van der Waals surface area (Å²) < 4.78 is 0. The second-order valence-corrected chi connectivity index (χ2v) is 8.33. The van der Waals surface area contributed by atoms with E-state index >= 15 is 0 Å². The van der Waals surface area contributed by atoms with Crippen LogP contribution in [0, 0.1) is 6.08 Å². The Labute approximate surface area is 245 Å². The molecule has 1 aliphatic carbocycles. The number of rotatable bonds is 4. The van der Waals surface area contributed by atoms with E-state index in [1.54, 1.807) is 0 Å². The number of hydrogen-bond acceptors (Lipinski definition) is 0. The molecule has 1 aliphatic rings. The monoisotopic (exact) mass is 582 g/mol. The minimum absolute atomic E-state index is 0. The van der Waals surface area contributed by atoms with Crippen LogP contribution in [0.5, 0.6) is 0 Å². The number of allylic oxidation sites excluding steroid dienone is 6. The van der Waals surface area contributed by atoms with Crippen molar-refractivity contribution >= 4 is 21.5 Å². The molecule has 0 spiro atoms. The maximum atomic E-state index is 3.34. The minimum Gasteiger partial charge on any atom is -1.00 e. The molecule has 36 heavy (non-hydrogen) atoms. The summed E-state index contributed by atoms with van der Waals surface area (Å²) in [7, 11) is 0. The van der Waals surface area contributed by atoms with E-state index in [1.807, 2.05) is 6.08 Å². The largest absolute Gasteiger partial charge is 4.00 e. The molecule has 0 fully saturated rings. The second kappa shape index (κ2) is 14.9. The first-order chi connectivity index (χ1) is 16.4. The molecule has 0 saturated heterocycles.